The zero-order valence-corrected chi connectivity index (χ0v) is 16.9. The molecule has 1 aromatic rings. The molecule has 0 aromatic carbocycles. The van der Waals surface area contributed by atoms with Gasteiger partial charge in [0.1, 0.15) is 16.3 Å². The van der Waals surface area contributed by atoms with Gasteiger partial charge in [0.15, 0.2) is 0 Å². The molecule has 0 saturated carbocycles. The number of hydrogen-bond acceptors (Lipinski definition) is 6. The molecule has 8 nitrogen and oxygen atoms in total. The molecule has 2 heterocycles. The lowest BCUT2D eigenvalue weighted by Crippen LogP contribution is -2.50. The van der Waals surface area contributed by atoms with Gasteiger partial charge in [-0.2, -0.15) is 4.31 Å². The van der Waals surface area contributed by atoms with Gasteiger partial charge in [-0.05, 0) is 55.6 Å². The molecule has 1 aliphatic heterocycles. The van der Waals surface area contributed by atoms with E-state index in [0.717, 1.165) is 0 Å². The number of nitrogen functional groups attached to an aromatic ring is 1. The monoisotopic (exact) mass is 434 g/mol. The second kappa shape index (κ2) is 7.46. The highest BCUT2D eigenvalue weighted by Crippen LogP contribution is 2.26. The number of amides is 1. The number of hydrogen-bond donors (Lipinski definition) is 2. The van der Waals surface area contributed by atoms with Crippen molar-refractivity contribution in [1.29, 1.82) is 0 Å². The fourth-order valence-corrected chi connectivity index (χ4v) is 4.63. The third kappa shape index (κ3) is 5.29. The van der Waals surface area contributed by atoms with E-state index in [1.165, 1.54) is 16.6 Å². The zero-order valence-electron chi connectivity index (χ0n) is 14.5. The number of alkyl carbamates (subject to hydrolysis) is 1. The first-order valence-electron chi connectivity index (χ1n) is 7.90. The predicted molar refractivity (Wildman–Crippen MR) is 97.5 cm³/mol. The smallest absolute Gasteiger partial charge is 0.407 e. The van der Waals surface area contributed by atoms with Crippen LogP contribution in [0.25, 0.3) is 0 Å². The molecule has 0 spiro atoms. The Morgan fingerprint density at radius 1 is 1.48 bits per heavy atom. The average molecular weight is 435 g/mol. The number of rotatable bonds is 3. The van der Waals surface area contributed by atoms with Crippen LogP contribution in [-0.2, 0) is 14.8 Å². The number of pyridine rings is 1. The summed E-state index contributed by atoms with van der Waals surface area (Å²) in [6, 6.07) is 1.11. The summed E-state index contributed by atoms with van der Waals surface area (Å²) in [5, 5.41) is 2.73. The van der Waals surface area contributed by atoms with Crippen LogP contribution in [0.5, 0.6) is 0 Å². The van der Waals surface area contributed by atoms with Gasteiger partial charge in [0.05, 0.1) is 0 Å². The molecular weight excluding hydrogens is 412 g/mol. The largest absolute Gasteiger partial charge is 0.444 e. The lowest BCUT2D eigenvalue weighted by atomic mass is 10.1. The number of ether oxygens (including phenoxy) is 1. The molecule has 2 rings (SSSR count). The maximum atomic E-state index is 12.9. The molecule has 1 amide bonds. The van der Waals surface area contributed by atoms with E-state index in [1.54, 1.807) is 20.8 Å². The van der Waals surface area contributed by atoms with Crippen LogP contribution in [0.2, 0.25) is 0 Å². The molecular formula is C15H23BrN4O4S. The zero-order chi connectivity index (χ0) is 18.8. The van der Waals surface area contributed by atoms with Crippen molar-refractivity contribution in [3.63, 3.8) is 0 Å². The van der Waals surface area contributed by atoms with Gasteiger partial charge in [0, 0.05) is 29.8 Å². The fourth-order valence-electron chi connectivity index (χ4n) is 2.53. The van der Waals surface area contributed by atoms with E-state index in [0.29, 0.717) is 23.9 Å². The normalized spacial score (nSPS) is 19.4. The van der Waals surface area contributed by atoms with E-state index in [-0.39, 0.29) is 23.3 Å². The van der Waals surface area contributed by atoms with Gasteiger partial charge in [-0.3, -0.25) is 0 Å². The highest BCUT2D eigenvalue weighted by atomic mass is 79.9. The van der Waals surface area contributed by atoms with Crippen LogP contribution in [-0.4, -0.2) is 48.5 Å². The minimum Gasteiger partial charge on any atom is -0.444 e. The van der Waals surface area contributed by atoms with Crippen molar-refractivity contribution in [2.45, 2.75) is 50.2 Å². The molecule has 140 valence electrons. The third-order valence-corrected chi connectivity index (χ3v) is 5.90. The maximum Gasteiger partial charge on any atom is 0.407 e. The highest BCUT2D eigenvalue weighted by Gasteiger charge is 2.33. The summed E-state index contributed by atoms with van der Waals surface area (Å²) in [4.78, 5) is 15.8. The summed E-state index contributed by atoms with van der Waals surface area (Å²) in [7, 11) is -3.80. The third-order valence-electron chi connectivity index (χ3n) is 3.57. The van der Waals surface area contributed by atoms with Crippen LogP contribution < -0.4 is 11.1 Å². The van der Waals surface area contributed by atoms with Gasteiger partial charge in [-0.1, -0.05) is 0 Å². The first-order valence-corrected chi connectivity index (χ1v) is 10.1. The molecule has 0 aliphatic carbocycles. The minimum absolute atomic E-state index is 0.0419. The topological polar surface area (TPSA) is 115 Å². The number of aromatic nitrogens is 1. The minimum atomic E-state index is -3.80. The molecule has 25 heavy (non-hydrogen) atoms. The molecule has 10 heteroatoms. The van der Waals surface area contributed by atoms with Crippen molar-refractivity contribution < 1.29 is 17.9 Å². The van der Waals surface area contributed by atoms with Crippen molar-refractivity contribution >= 4 is 37.9 Å². The van der Waals surface area contributed by atoms with Gasteiger partial charge in [-0.15, -0.1) is 0 Å². The van der Waals surface area contributed by atoms with E-state index >= 15 is 0 Å². The molecule has 1 atom stereocenters. The number of nitrogens with zero attached hydrogens (tertiary/aromatic N) is 2. The average Bonchev–Trinajstić information content (AvgIpc) is 2.48. The lowest BCUT2D eigenvalue weighted by molar-refractivity contribution is 0.0487. The van der Waals surface area contributed by atoms with Gasteiger partial charge in [0.25, 0.3) is 0 Å². The van der Waals surface area contributed by atoms with E-state index in [4.69, 9.17) is 10.5 Å². The predicted octanol–water partition coefficient (Wildman–Crippen LogP) is 2.10. The SMILES string of the molecule is CC(C)(C)OC(=O)N[C@H]1CCCN(S(=O)(=O)c2cc(Br)cnc2N)C1. The van der Waals surface area contributed by atoms with Gasteiger partial charge in [0.2, 0.25) is 10.0 Å². The number of anilines is 1. The van der Waals surface area contributed by atoms with Crippen molar-refractivity contribution in [3.8, 4) is 0 Å². The summed E-state index contributed by atoms with van der Waals surface area (Å²) in [6.45, 7) is 5.84. The quantitative estimate of drug-likeness (QED) is 0.752. The Bertz CT molecular complexity index is 748. The lowest BCUT2D eigenvalue weighted by Gasteiger charge is -2.33. The highest BCUT2D eigenvalue weighted by molar-refractivity contribution is 9.10. The number of carbonyl (C=O) groups is 1. The van der Waals surface area contributed by atoms with Gasteiger partial charge >= 0.3 is 6.09 Å². The van der Waals surface area contributed by atoms with Gasteiger partial charge in [-0.25, -0.2) is 18.2 Å². The van der Waals surface area contributed by atoms with Crippen LogP contribution in [0.1, 0.15) is 33.6 Å². The fraction of sp³-hybridized carbons (Fsp3) is 0.600. The molecule has 1 saturated heterocycles. The van der Waals surface area contributed by atoms with Crippen LogP contribution in [0.15, 0.2) is 21.6 Å². The van der Waals surface area contributed by atoms with Crippen LogP contribution in [0.4, 0.5) is 10.6 Å². The second-order valence-corrected chi connectivity index (χ2v) is 9.71. The second-order valence-electron chi connectivity index (χ2n) is 6.89. The van der Waals surface area contributed by atoms with Crippen molar-refractivity contribution in [2.24, 2.45) is 0 Å². The van der Waals surface area contributed by atoms with Crippen LogP contribution in [0, 0.1) is 0 Å². The number of nitrogens with two attached hydrogens (primary N) is 1. The summed E-state index contributed by atoms with van der Waals surface area (Å²) in [5.74, 6) is -0.0505. The number of sulfonamides is 1. The standard InChI is InChI=1S/C15H23BrN4O4S/c1-15(2,3)24-14(21)19-11-5-4-6-20(9-11)25(22,23)12-7-10(16)8-18-13(12)17/h7-8,11H,4-6,9H2,1-3H3,(H2,17,18)(H,19,21)/t11-/m0/s1. The summed E-state index contributed by atoms with van der Waals surface area (Å²) < 4.78 is 32.8. The summed E-state index contributed by atoms with van der Waals surface area (Å²) >= 11 is 3.21. The summed E-state index contributed by atoms with van der Waals surface area (Å²) in [6.07, 6.45) is 2.19. The molecule has 0 bridgehead atoms. The Morgan fingerprint density at radius 3 is 2.80 bits per heavy atom. The maximum absolute atomic E-state index is 12.9. The van der Waals surface area contributed by atoms with Crippen LogP contribution in [0.3, 0.4) is 0 Å². The van der Waals surface area contributed by atoms with E-state index in [2.05, 4.69) is 26.2 Å². The Morgan fingerprint density at radius 2 is 2.16 bits per heavy atom. The number of nitrogens with one attached hydrogen (secondary N) is 1. The van der Waals surface area contributed by atoms with Crippen molar-refractivity contribution in [2.75, 3.05) is 18.8 Å². The van der Waals surface area contributed by atoms with Gasteiger partial charge < -0.3 is 15.8 Å². The molecule has 0 unspecified atom stereocenters. The molecule has 3 N–H and O–H groups in total. The number of halogens is 1. The molecule has 0 radical (unpaired) electrons. The first-order chi connectivity index (χ1) is 11.5. The van der Waals surface area contributed by atoms with E-state index in [9.17, 15) is 13.2 Å². The Labute approximate surface area is 156 Å². The first kappa shape index (κ1) is 19.9. The Balaban J connectivity index is 2.12. The molecule has 1 fully saturated rings. The summed E-state index contributed by atoms with van der Waals surface area (Å²) in [5.41, 5.74) is 5.13. The Hall–Kier alpha value is -1.39. The van der Waals surface area contributed by atoms with E-state index in [1.807, 2.05) is 0 Å². The van der Waals surface area contributed by atoms with Crippen molar-refractivity contribution in [1.82, 2.24) is 14.6 Å². The van der Waals surface area contributed by atoms with E-state index < -0.39 is 21.7 Å². The van der Waals surface area contributed by atoms with Crippen LogP contribution >= 0.6 is 15.9 Å². The Kier molecular flexibility index (Phi) is 5.95. The molecule has 1 aliphatic rings. The molecule has 1 aromatic heterocycles. The van der Waals surface area contributed by atoms with Crippen molar-refractivity contribution in [3.05, 3.63) is 16.7 Å². The number of carbonyl (C=O) groups excluding carboxylic acids is 1. The number of piperidine rings is 1.